The van der Waals surface area contributed by atoms with Gasteiger partial charge in [0.2, 0.25) is 0 Å². The van der Waals surface area contributed by atoms with E-state index in [0.29, 0.717) is 0 Å². The fourth-order valence-corrected chi connectivity index (χ4v) is 1.26. The van der Waals surface area contributed by atoms with Crippen LogP contribution in [0.5, 0.6) is 0 Å². The van der Waals surface area contributed by atoms with Crippen molar-refractivity contribution in [2.75, 3.05) is 5.75 Å². The van der Waals surface area contributed by atoms with E-state index in [9.17, 15) is 8.42 Å². The first-order valence-electron chi connectivity index (χ1n) is 2.37. The molecule has 0 aromatic rings. The van der Waals surface area contributed by atoms with Gasteiger partial charge in [-0.1, -0.05) is 13.8 Å². The molecule has 1 N–H and O–H groups in total. The summed E-state index contributed by atoms with van der Waals surface area (Å²) < 4.78 is 28.2. The van der Waals surface area contributed by atoms with Crippen LogP contribution in [0, 0.1) is 5.92 Å². The molecule has 5 heteroatoms. The van der Waals surface area contributed by atoms with Crippen LogP contribution in [0.3, 0.4) is 0 Å². The molecule has 0 unspecified atom stereocenters. The Morgan fingerprint density at radius 3 is 1.78 bits per heavy atom. The van der Waals surface area contributed by atoms with Crippen LogP contribution < -0.4 is 0 Å². The van der Waals surface area contributed by atoms with Crippen molar-refractivity contribution in [2.45, 2.75) is 13.8 Å². The average molecular weight is 197 g/mol. The van der Waals surface area contributed by atoms with Crippen LogP contribution >= 0.6 is 0 Å². The van der Waals surface area contributed by atoms with Crippen LogP contribution in [0.25, 0.3) is 0 Å². The second kappa shape index (κ2) is 4.26. The molecule has 0 saturated heterocycles. The fourth-order valence-electron chi connectivity index (χ4n) is 0.421. The molecule has 0 saturated carbocycles. The van der Waals surface area contributed by atoms with Crippen molar-refractivity contribution in [3.8, 4) is 0 Å². The Bertz CT molecular complexity index is 149. The Labute approximate surface area is 65.5 Å². The van der Waals surface area contributed by atoms with Gasteiger partial charge in [-0.2, -0.15) is 8.42 Å². The summed E-state index contributed by atoms with van der Waals surface area (Å²) in [5, 5.41) is 0. The summed E-state index contributed by atoms with van der Waals surface area (Å²) in [6.07, 6.45) is 0. The molecule has 0 radical (unpaired) electrons. The normalized spacial score (nSPS) is 11.1. The molecular formula is C4H10NiO3S. The number of rotatable bonds is 2. The molecule has 0 atom stereocenters. The average Bonchev–Trinajstić information content (AvgIpc) is 1.21. The van der Waals surface area contributed by atoms with E-state index in [1.54, 1.807) is 13.8 Å². The van der Waals surface area contributed by atoms with Crippen LogP contribution in [-0.2, 0) is 26.6 Å². The van der Waals surface area contributed by atoms with Crippen molar-refractivity contribution in [3.05, 3.63) is 0 Å². The molecule has 0 bridgehead atoms. The van der Waals surface area contributed by atoms with Gasteiger partial charge in [-0.25, -0.2) is 0 Å². The van der Waals surface area contributed by atoms with Gasteiger partial charge in [-0.3, -0.25) is 4.55 Å². The van der Waals surface area contributed by atoms with E-state index in [1.807, 2.05) is 0 Å². The van der Waals surface area contributed by atoms with Crippen LogP contribution in [0.1, 0.15) is 13.8 Å². The predicted octanol–water partition coefficient (Wildman–Crippen LogP) is 0.528. The van der Waals surface area contributed by atoms with Crippen molar-refractivity contribution >= 4 is 10.1 Å². The number of hydrogen-bond donors (Lipinski definition) is 1. The molecule has 0 fully saturated rings. The van der Waals surface area contributed by atoms with Gasteiger partial charge in [0.25, 0.3) is 10.1 Å². The summed E-state index contributed by atoms with van der Waals surface area (Å²) in [6, 6.07) is 0. The first-order valence-corrected chi connectivity index (χ1v) is 3.98. The van der Waals surface area contributed by atoms with Gasteiger partial charge < -0.3 is 0 Å². The molecule has 0 aliphatic heterocycles. The molecule has 60 valence electrons. The van der Waals surface area contributed by atoms with E-state index in [-0.39, 0.29) is 28.2 Å². The summed E-state index contributed by atoms with van der Waals surface area (Å²) in [6.45, 7) is 3.46. The summed E-state index contributed by atoms with van der Waals surface area (Å²) >= 11 is 0. The Kier molecular flexibility index (Phi) is 5.73. The molecule has 0 aliphatic rings. The molecule has 9 heavy (non-hydrogen) atoms. The van der Waals surface area contributed by atoms with Gasteiger partial charge in [0.1, 0.15) is 0 Å². The van der Waals surface area contributed by atoms with Crippen molar-refractivity contribution in [1.29, 1.82) is 0 Å². The molecule has 3 nitrogen and oxygen atoms in total. The fraction of sp³-hybridized carbons (Fsp3) is 1.00. The second-order valence-electron chi connectivity index (χ2n) is 2.14. The SMILES string of the molecule is CC(C)CS(=O)(=O)O.[Ni]. The van der Waals surface area contributed by atoms with Crippen molar-refractivity contribution < 1.29 is 29.5 Å². The zero-order valence-corrected chi connectivity index (χ0v) is 7.08. The maximum absolute atomic E-state index is 10.00. The van der Waals surface area contributed by atoms with Crippen LogP contribution in [0.4, 0.5) is 0 Å². The van der Waals surface area contributed by atoms with Gasteiger partial charge in [0, 0.05) is 16.5 Å². The Balaban J connectivity index is 0. The van der Waals surface area contributed by atoms with Gasteiger partial charge >= 0.3 is 0 Å². The quantitative estimate of drug-likeness (QED) is 0.518. The standard InChI is InChI=1S/C4H10O3S.Ni/c1-4(2)3-8(5,6)7;/h4H,3H2,1-2H3,(H,5,6,7);. The minimum atomic E-state index is -3.72. The topological polar surface area (TPSA) is 54.4 Å². The van der Waals surface area contributed by atoms with Crippen molar-refractivity contribution in [1.82, 2.24) is 0 Å². The third-order valence-corrected chi connectivity index (χ3v) is 1.63. The Morgan fingerprint density at radius 1 is 1.44 bits per heavy atom. The zero-order chi connectivity index (χ0) is 6.78. The van der Waals surface area contributed by atoms with E-state index in [4.69, 9.17) is 4.55 Å². The minimum absolute atomic E-state index is 0. The summed E-state index contributed by atoms with van der Waals surface area (Å²) in [4.78, 5) is 0. The summed E-state index contributed by atoms with van der Waals surface area (Å²) in [7, 11) is -3.72. The zero-order valence-electron chi connectivity index (χ0n) is 5.27. The van der Waals surface area contributed by atoms with Crippen molar-refractivity contribution in [3.63, 3.8) is 0 Å². The molecule has 0 aliphatic carbocycles. The third-order valence-electron chi connectivity index (χ3n) is 0.544. The third kappa shape index (κ3) is 11.8. The summed E-state index contributed by atoms with van der Waals surface area (Å²) in [5.41, 5.74) is 0. The second-order valence-corrected chi connectivity index (χ2v) is 3.64. The van der Waals surface area contributed by atoms with E-state index in [0.717, 1.165) is 0 Å². The first kappa shape index (κ1) is 12.1. The molecule has 0 amide bonds. The monoisotopic (exact) mass is 196 g/mol. The largest absolute Gasteiger partial charge is 0.286 e. The maximum Gasteiger partial charge on any atom is 0.265 e. The smallest absolute Gasteiger partial charge is 0.265 e. The van der Waals surface area contributed by atoms with E-state index >= 15 is 0 Å². The molecule has 0 aromatic carbocycles. The Morgan fingerprint density at radius 2 is 1.78 bits per heavy atom. The van der Waals surface area contributed by atoms with Crippen LogP contribution in [0.2, 0.25) is 0 Å². The number of hydrogen-bond acceptors (Lipinski definition) is 2. The molecule has 0 rings (SSSR count). The van der Waals surface area contributed by atoms with Crippen molar-refractivity contribution in [2.24, 2.45) is 5.92 Å². The summed E-state index contributed by atoms with van der Waals surface area (Å²) in [5.74, 6) is -0.141. The van der Waals surface area contributed by atoms with E-state index in [2.05, 4.69) is 0 Å². The van der Waals surface area contributed by atoms with E-state index < -0.39 is 10.1 Å². The maximum atomic E-state index is 10.00. The van der Waals surface area contributed by atoms with Gasteiger partial charge in [0.05, 0.1) is 5.75 Å². The first-order chi connectivity index (χ1) is 3.42. The van der Waals surface area contributed by atoms with Gasteiger partial charge in [0.15, 0.2) is 0 Å². The molecule has 0 spiro atoms. The van der Waals surface area contributed by atoms with E-state index in [1.165, 1.54) is 0 Å². The Hall–Kier alpha value is 0.404. The predicted molar refractivity (Wildman–Crippen MR) is 31.3 cm³/mol. The molecular weight excluding hydrogens is 187 g/mol. The van der Waals surface area contributed by atoms with Crippen LogP contribution in [0.15, 0.2) is 0 Å². The molecule has 0 aromatic heterocycles. The minimum Gasteiger partial charge on any atom is -0.286 e. The van der Waals surface area contributed by atoms with Gasteiger partial charge in [-0.15, -0.1) is 0 Å². The van der Waals surface area contributed by atoms with Crippen LogP contribution in [-0.4, -0.2) is 18.7 Å². The van der Waals surface area contributed by atoms with Gasteiger partial charge in [-0.05, 0) is 5.92 Å². The molecule has 0 heterocycles.